The van der Waals surface area contributed by atoms with Crippen molar-refractivity contribution in [1.82, 2.24) is 19.3 Å². The van der Waals surface area contributed by atoms with E-state index in [1.54, 1.807) is 18.5 Å². The Labute approximate surface area is 126 Å². The molecule has 2 heterocycles. The van der Waals surface area contributed by atoms with E-state index in [0.29, 0.717) is 30.3 Å². The Balaban J connectivity index is 2.36. The molecular weight excluding hydrogens is 292 g/mol. The van der Waals surface area contributed by atoms with Crippen molar-refractivity contribution >= 4 is 34.6 Å². The Kier molecular flexibility index (Phi) is 3.25. The van der Waals surface area contributed by atoms with Gasteiger partial charge in [0.05, 0.1) is 5.70 Å². The Bertz CT molecular complexity index is 789. The molecule has 3 rings (SSSR count). The van der Waals surface area contributed by atoms with Gasteiger partial charge in [-0.05, 0) is 19.9 Å². The Morgan fingerprint density at radius 3 is 2.62 bits per heavy atom. The van der Waals surface area contributed by atoms with Crippen molar-refractivity contribution in [3.05, 3.63) is 34.9 Å². The minimum Gasteiger partial charge on any atom is -0.369 e. The lowest BCUT2D eigenvalue weighted by atomic mass is 10.0. The smallest absolute Gasteiger partial charge is 0.253 e. The van der Waals surface area contributed by atoms with E-state index >= 15 is 0 Å². The summed E-state index contributed by atoms with van der Waals surface area (Å²) in [6.45, 7) is 5.22. The van der Waals surface area contributed by atoms with Crippen LogP contribution < -0.4 is 0 Å². The van der Waals surface area contributed by atoms with Crippen LogP contribution in [0.15, 0.2) is 23.5 Å². The first-order valence-electron chi connectivity index (χ1n) is 6.67. The van der Waals surface area contributed by atoms with Gasteiger partial charge in [0.15, 0.2) is 0 Å². The monoisotopic (exact) mass is 304 g/mol. The number of imidazole rings is 1. The van der Waals surface area contributed by atoms with Gasteiger partial charge in [-0.2, -0.15) is 0 Å². The minimum absolute atomic E-state index is 0.0698. The fourth-order valence-corrected chi connectivity index (χ4v) is 2.81. The summed E-state index contributed by atoms with van der Waals surface area (Å²) in [5, 5.41) is -0.0698. The van der Waals surface area contributed by atoms with E-state index in [2.05, 4.69) is 9.97 Å². The molecule has 0 aromatic carbocycles. The first kappa shape index (κ1) is 13.8. The van der Waals surface area contributed by atoms with E-state index in [0.717, 1.165) is 0 Å². The second kappa shape index (κ2) is 4.96. The first-order chi connectivity index (χ1) is 10.1. The average molecular weight is 305 g/mol. The van der Waals surface area contributed by atoms with Crippen LogP contribution in [0.2, 0.25) is 0 Å². The highest BCUT2D eigenvalue weighted by molar-refractivity contribution is 6.64. The molecule has 6 nitrogen and oxygen atoms in total. The lowest BCUT2D eigenvalue weighted by molar-refractivity contribution is -0.111. The van der Waals surface area contributed by atoms with Crippen LogP contribution in [0.1, 0.15) is 30.0 Å². The van der Waals surface area contributed by atoms with Crippen molar-refractivity contribution < 1.29 is 9.59 Å². The van der Waals surface area contributed by atoms with E-state index in [-0.39, 0.29) is 10.7 Å². The van der Waals surface area contributed by atoms with Gasteiger partial charge in [-0.1, -0.05) is 11.6 Å². The lowest BCUT2D eigenvalue weighted by Gasteiger charge is -2.26. The van der Waals surface area contributed by atoms with Crippen LogP contribution in [0.4, 0.5) is 0 Å². The first-order valence-corrected chi connectivity index (χ1v) is 7.05. The predicted octanol–water partition coefficient (Wildman–Crippen LogP) is 1.74. The van der Waals surface area contributed by atoms with Gasteiger partial charge in [-0.3, -0.25) is 14.0 Å². The number of carbonyl (C=O) groups is 2. The highest BCUT2D eigenvalue weighted by Crippen LogP contribution is 2.33. The fourth-order valence-electron chi connectivity index (χ4n) is 2.52. The van der Waals surface area contributed by atoms with E-state index in [1.807, 2.05) is 18.7 Å². The van der Waals surface area contributed by atoms with Crippen molar-refractivity contribution in [3.8, 4) is 0 Å². The number of aromatic nitrogens is 3. The minimum atomic E-state index is -0.697. The molecule has 0 bridgehead atoms. The summed E-state index contributed by atoms with van der Waals surface area (Å²) in [6.07, 6.45) is 3.25. The van der Waals surface area contributed by atoms with Crippen molar-refractivity contribution in [3.63, 3.8) is 0 Å². The largest absolute Gasteiger partial charge is 0.369 e. The molecule has 0 radical (unpaired) electrons. The molecule has 2 aromatic rings. The van der Waals surface area contributed by atoms with Gasteiger partial charge >= 0.3 is 0 Å². The summed E-state index contributed by atoms with van der Waals surface area (Å²) in [4.78, 5) is 34.8. The number of allylic oxidation sites excluding steroid dienone is 1. The normalized spacial score (nSPS) is 14.8. The maximum atomic E-state index is 12.3. The molecule has 7 heteroatoms. The third-order valence-electron chi connectivity index (χ3n) is 3.54. The van der Waals surface area contributed by atoms with Crippen LogP contribution in [0, 0.1) is 0 Å². The van der Waals surface area contributed by atoms with Gasteiger partial charge in [-0.25, -0.2) is 9.97 Å². The second-order valence-electron chi connectivity index (χ2n) is 4.59. The van der Waals surface area contributed by atoms with Crippen molar-refractivity contribution in [1.29, 1.82) is 0 Å². The van der Waals surface area contributed by atoms with Crippen LogP contribution >= 0.6 is 11.6 Å². The van der Waals surface area contributed by atoms with Crippen molar-refractivity contribution in [2.24, 2.45) is 0 Å². The number of Topliss-reactive ketones (excluding diaryl/α,β-unsaturated/α-hetero) is 2. The molecule has 21 heavy (non-hydrogen) atoms. The second-order valence-corrected chi connectivity index (χ2v) is 4.97. The summed E-state index contributed by atoms with van der Waals surface area (Å²) in [5.74, 6) is -0.970. The molecule has 0 spiro atoms. The Morgan fingerprint density at radius 2 is 1.95 bits per heavy atom. The van der Waals surface area contributed by atoms with Crippen LogP contribution in [-0.2, 0) is 4.79 Å². The van der Waals surface area contributed by atoms with Gasteiger partial charge < -0.3 is 4.90 Å². The van der Waals surface area contributed by atoms with Crippen LogP contribution in [0.25, 0.3) is 11.5 Å². The molecule has 0 saturated carbocycles. The van der Waals surface area contributed by atoms with Gasteiger partial charge in [0, 0.05) is 25.5 Å². The third-order valence-corrected chi connectivity index (χ3v) is 3.89. The summed E-state index contributed by atoms with van der Waals surface area (Å²) >= 11 is 6.13. The predicted molar refractivity (Wildman–Crippen MR) is 78.0 cm³/mol. The molecule has 108 valence electrons. The zero-order chi connectivity index (χ0) is 15.1. The molecular formula is C14H13ClN4O2. The van der Waals surface area contributed by atoms with E-state index in [4.69, 9.17) is 11.6 Å². The molecule has 1 aliphatic rings. The molecule has 0 N–H and O–H groups in total. The maximum absolute atomic E-state index is 12.3. The number of rotatable bonds is 3. The Hall–Kier alpha value is -2.21. The SMILES string of the molecule is CCN(CC)C1=C(Cl)C(=O)C(=O)c2c1nc1ncccn21. The average Bonchev–Trinajstić information content (AvgIpc) is 2.88. The zero-order valence-corrected chi connectivity index (χ0v) is 12.4. The third kappa shape index (κ3) is 1.86. The quantitative estimate of drug-likeness (QED) is 0.808. The summed E-state index contributed by atoms with van der Waals surface area (Å²) in [7, 11) is 0. The Morgan fingerprint density at radius 1 is 1.24 bits per heavy atom. The molecule has 1 aliphatic carbocycles. The molecule has 0 aliphatic heterocycles. The van der Waals surface area contributed by atoms with Gasteiger partial charge in [-0.15, -0.1) is 0 Å². The summed E-state index contributed by atoms with van der Waals surface area (Å²) in [5.41, 5.74) is 1.16. The van der Waals surface area contributed by atoms with E-state index in [9.17, 15) is 9.59 Å². The number of hydrogen-bond donors (Lipinski definition) is 0. The molecule has 2 aromatic heterocycles. The number of fused-ring (bicyclic) bond motifs is 3. The van der Waals surface area contributed by atoms with E-state index < -0.39 is 11.6 Å². The molecule has 0 atom stereocenters. The maximum Gasteiger partial charge on any atom is 0.253 e. The van der Waals surface area contributed by atoms with Crippen molar-refractivity contribution in [2.45, 2.75) is 13.8 Å². The van der Waals surface area contributed by atoms with E-state index in [1.165, 1.54) is 4.40 Å². The van der Waals surface area contributed by atoms with Crippen LogP contribution in [0.5, 0.6) is 0 Å². The number of nitrogens with zero attached hydrogens (tertiary/aromatic N) is 4. The van der Waals surface area contributed by atoms with Gasteiger partial charge in [0.25, 0.3) is 5.78 Å². The van der Waals surface area contributed by atoms with Gasteiger partial charge in [0.2, 0.25) is 11.6 Å². The highest BCUT2D eigenvalue weighted by Gasteiger charge is 2.37. The molecule has 0 saturated heterocycles. The number of ketones is 2. The lowest BCUT2D eigenvalue weighted by Crippen LogP contribution is -2.31. The van der Waals surface area contributed by atoms with Crippen LogP contribution in [0.3, 0.4) is 0 Å². The topological polar surface area (TPSA) is 67.6 Å². The molecule has 0 unspecified atom stereocenters. The summed E-state index contributed by atoms with van der Waals surface area (Å²) < 4.78 is 1.53. The van der Waals surface area contributed by atoms with Crippen LogP contribution in [-0.4, -0.2) is 43.9 Å². The van der Waals surface area contributed by atoms with Gasteiger partial charge in [0.1, 0.15) is 16.4 Å². The number of halogens is 1. The molecule has 0 fully saturated rings. The van der Waals surface area contributed by atoms with Crippen molar-refractivity contribution in [2.75, 3.05) is 13.1 Å². The summed E-state index contributed by atoms with van der Waals surface area (Å²) in [6, 6.07) is 1.68. The standard InChI is InChI=1S/C14H13ClN4O2/c1-3-18(4-2)10-8(15)12(20)13(21)11-9(10)17-14-16-6-5-7-19(11)14/h5-7H,3-4H2,1-2H3. The fraction of sp³-hybridized carbons (Fsp3) is 0.286. The number of hydrogen-bond acceptors (Lipinski definition) is 5. The highest BCUT2D eigenvalue weighted by atomic mass is 35.5. The molecule has 0 amide bonds. The zero-order valence-electron chi connectivity index (χ0n) is 11.6. The number of carbonyl (C=O) groups excluding carboxylic acids is 2.